The van der Waals surface area contributed by atoms with E-state index in [-0.39, 0.29) is 6.42 Å². The lowest BCUT2D eigenvalue weighted by atomic mass is 10.1. The first-order valence-electron chi connectivity index (χ1n) is 9.64. The number of carbonyl (C=O) groups excluding carboxylic acids is 3. The zero-order chi connectivity index (χ0) is 22.7. The maximum atomic E-state index is 12.5. The van der Waals surface area contributed by atoms with E-state index in [2.05, 4.69) is 10.6 Å². The van der Waals surface area contributed by atoms with E-state index in [0.717, 1.165) is 12.5 Å². The summed E-state index contributed by atoms with van der Waals surface area (Å²) in [6.45, 7) is 6.82. The highest BCUT2D eigenvalue weighted by Crippen LogP contribution is 2.09. The summed E-state index contributed by atoms with van der Waals surface area (Å²) in [4.78, 5) is 47.2. The summed E-state index contributed by atoms with van der Waals surface area (Å²) in [6, 6.07) is 6.79. The minimum absolute atomic E-state index is 0.171. The van der Waals surface area contributed by atoms with Gasteiger partial charge >= 0.3 is 12.1 Å². The van der Waals surface area contributed by atoms with Gasteiger partial charge in [0.05, 0.1) is 6.61 Å². The third-order valence-corrected chi connectivity index (χ3v) is 3.84. The van der Waals surface area contributed by atoms with Crippen LogP contribution in [0.15, 0.2) is 30.3 Å². The van der Waals surface area contributed by atoms with Crippen molar-refractivity contribution in [1.29, 1.82) is 0 Å². The molecule has 0 aliphatic carbocycles. The maximum absolute atomic E-state index is 12.5. The van der Waals surface area contributed by atoms with Gasteiger partial charge in [0.15, 0.2) is 11.8 Å². The van der Waals surface area contributed by atoms with Gasteiger partial charge in [-0.2, -0.15) is 0 Å². The molecule has 0 aliphatic heterocycles. The number of ether oxygens (including phenoxy) is 2. The molecule has 0 aliphatic rings. The number of alkyl carbamates (subject to hydrolysis) is 1. The number of carbonyl (C=O) groups is 4. The van der Waals surface area contributed by atoms with E-state index in [4.69, 9.17) is 14.6 Å². The number of Topliss-reactive ketones (excluding diaryl/α,β-unsaturated/α-hetero) is 1. The van der Waals surface area contributed by atoms with Gasteiger partial charge in [0.2, 0.25) is 5.91 Å². The minimum Gasteiger partial charge on any atom is -0.479 e. The lowest BCUT2D eigenvalue weighted by molar-refractivity contribution is -0.145. The standard InChI is InChI=1S/C21H30N2O7/c1-14(24)17(19(26)27)23-18(25)16(22-20(28)30-21(2,3)4)11-8-12-29-13-15-9-6-5-7-10-15/h5-7,9-10,16-17H,8,11-13H2,1-4H3,(H,22,28)(H,23,25)(H,26,27)/t16-,17?/m0/s1. The molecule has 0 aromatic heterocycles. The predicted octanol–water partition coefficient (Wildman–Crippen LogP) is 2.04. The van der Waals surface area contributed by atoms with Gasteiger partial charge in [-0.15, -0.1) is 0 Å². The number of nitrogens with one attached hydrogen (secondary N) is 2. The minimum atomic E-state index is -1.69. The fraction of sp³-hybridized carbons (Fsp3) is 0.524. The van der Waals surface area contributed by atoms with Crippen molar-refractivity contribution in [2.45, 2.75) is 64.8 Å². The number of aliphatic carboxylic acids is 1. The molecule has 2 atom stereocenters. The van der Waals surface area contributed by atoms with Crippen molar-refractivity contribution in [1.82, 2.24) is 10.6 Å². The second-order valence-electron chi connectivity index (χ2n) is 7.77. The third kappa shape index (κ3) is 10.0. The summed E-state index contributed by atoms with van der Waals surface area (Å²) >= 11 is 0. The number of carboxylic acid groups (broad SMARTS) is 1. The molecular formula is C21H30N2O7. The molecule has 9 nitrogen and oxygen atoms in total. The number of amides is 2. The van der Waals surface area contributed by atoms with Gasteiger partial charge in [0, 0.05) is 6.61 Å². The molecule has 166 valence electrons. The van der Waals surface area contributed by atoms with Crippen LogP contribution in [-0.2, 0) is 30.5 Å². The molecule has 30 heavy (non-hydrogen) atoms. The zero-order valence-corrected chi connectivity index (χ0v) is 17.8. The fourth-order valence-corrected chi connectivity index (χ4v) is 2.45. The Morgan fingerprint density at radius 3 is 2.23 bits per heavy atom. The molecule has 3 N–H and O–H groups in total. The highest BCUT2D eigenvalue weighted by Gasteiger charge is 2.30. The van der Waals surface area contributed by atoms with Crippen LogP contribution in [0.1, 0.15) is 46.1 Å². The van der Waals surface area contributed by atoms with Crippen LogP contribution in [-0.4, -0.2) is 53.2 Å². The normalized spacial score (nSPS) is 13.1. The van der Waals surface area contributed by atoms with Crippen LogP contribution in [0.2, 0.25) is 0 Å². The topological polar surface area (TPSA) is 131 Å². The molecule has 0 bridgehead atoms. The fourth-order valence-electron chi connectivity index (χ4n) is 2.45. The number of carboxylic acids is 1. The van der Waals surface area contributed by atoms with Gasteiger partial charge in [-0.25, -0.2) is 9.59 Å². The van der Waals surface area contributed by atoms with Crippen molar-refractivity contribution in [2.75, 3.05) is 6.61 Å². The lowest BCUT2D eigenvalue weighted by Gasteiger charge is -2.24. The molecule has 0 radical (unpaired) electrons. The Bertz CT molecular complexity index is 715. The quantitative estimate of drug-likeness (QED) is 0.367. The first kappa shape index (κ1) is 25.1. The number of hydrogen-bond acceptors (Lipinski definition) is 6. The molecule has 0 spiro atoms. The van der Waals surface area contributed by atoms with Crippen molar-refractivity contribution in [3.8, 4) is 0 Å². The van der Waals surface area contributed by atoms with Crippen LogP contribution < -0.4 is 10.6 Å². The first-order chi connectivity index (χ1) is 14.0. The van der Waals surface area contributed by atoms with Crippen molar-refractivity contribution in [3.05, 3.63) is 35.9 Å². The van der Waals surface area contributed by atoms with Crippen LogP contribution >= 0.6 is 0 Å². The summed E-state index contributed by atoms with van der Waals surface area (Å²) in [5.74, 6) is -2.98. The molecule has 1 aromatic carbocycles. The van der Waals surface area contributed by atoms with Crippen LogP contribution in [0.25, 0.3) is 0 Å². The Kier molecular flexibility index (Phi) is 9.97. The van der Waals surface area contributed by atoms with E-state index < -0.39 is 41.4 Å². The number of benzene rings is 1. The average Bonchev–Trinajstić information content (AvgIpc) is 2.63. The number of rotatable bonds is 11. The van der Waals surface area contributed by atoms with Gasteiger partial charge in [0.1, 0.15) is 11.6 Å². The van der Waals surface area contributed by atoms with Crippen molar-refractivity contribution < 1.29 is 33.8 Å². The zero-order valence-electron chi connectivity index (χ0n) is 17.8. The second kappa shape index (κ2) is 11.9. The van der Waals surface area contributed by atoms with Crippen molar-refractivity contribution in [2.24, 2.45) is 0 Å². The van der Waals surface area contributed by atoms with Crippen molar-refractivity contribution in [3.63, 3.8) is 0 Å². The first-order valence-corrected chi connectivity index (χ1v) is 9.64. The smallest absolute Gasteiger partial charge is 0.408 e. The molecular weight excluding hydrogens is 392 g/mol. The molecule has 0 saturated carbocycles. The molecule has 0 heterocycles. The van der Waals surface area contributed by atoms with E-state index in [9.17, 15) is 19.2 Å². The molecule has 1 unspecified atom stereocenters. The highest BCUT2D eigenvalue weighted by atomic mass is 16.6. The molecule has 2 amide bonds. The molecule has 1 rings (SSSR count). The monoisotopic (exact) mass is 422 g/mol. The number of ketones is 1. The average molecular weight is 422 g/mol. The number of hydrogen-bond donors (Lipinski definition) is 3. The SMILES string of the molecule is CC(=O)C(NC(=O)[C@H](CCCOCc1ccccc1)NC(=O)OC(C)(C)C)C(=O)O. The second-order valence-corrected chi connectivity index (χ2v) is 7.77. The van der Waals surface area contributed by atoms with Crippen molar-refractivity contribution >= 4 is 23.8 Å². The van der Waals surface area contributed by atoms with Crippen LogP contribution in [0, 0.1) is 0 Å². The molecule has 0 fully saturated rings. The largest absolute Gasteiger partial charge is 0.479 e. The van der Waals surface area contributed by atoms with Gasteiger partial charge in [0.25, 0.3) is 0 Å². The van der Waals surface area contributed by atoms with Crippen LogP contribution in [0.5, 0.6) is 0 Å². The lowest BCUT2D eigenvalue weighted by Crippen LogP contribution is -2.54. The third-order valence-electron chi connectivity index (χ3n) is 3.84. The molecule has 0 saturated heterocycles. The van der Waals surface area contributed by atoms with E-state index in [1.807, 2.05) is 30.3 Å². The summed E-state index contributed by atoms with van der Waals surface area (Å²) in [5, 5.41) is 13.7. The van der Waals surface area contributed by atoms with Crippen LogP contribution in [0.3, 0.4) is 0 Å². The Morgan fingerprint density at radius 2 is 1.70 bits per heavy atom. The molecule has 9 heteroatoms. The Morgan fingerprint density at radius 1 is 1.07 bits per heavy atom. The van der Waals surface area contributed by atoms with Gasteiger partial charge in [-0.05, 0) is 46.1 Å². The molecule has 1 aromatic rings. The summed E-state index contributed by atoms with van der Waals surface area (Å²) in [7, 11) is 0. The maximum Gasteiger partial charge on any atom is 0.408 e. The highest BCUT2D eigenvalue weighted by molar-refractivity contribution is 6.04. The summed E-state index contributed by atoms with van der Waals surface area (Å²) in [6.07, 6.45) is -0.231. The summed E-state index contributed by atoms with van der Waals surface area (Å²) in [5.41, 5.74) is 0.233. The van der Waals surface area contributed by atoms with E-state index in [1.165, 1.54) is 0 Å². The van der Waals surface area contributed by atoms with E-state index >= 15 is 0 Å². The van der Waals surface area contributed by atoms with E-state index in [0.29, 0.717) is 19.6 Å². The van der Waals surface area contributed by atoms with Crippen LogP contribution in [0.4, 0.5) is 4.79 Å². The van der Waals surface area contributed by atoms with Gasteiger partial charge in [-0.1, -0.05) is 30.3 Å². The summed E-state index contributed by atoms with van der Waals surface area (Å²) < 4.78 is 10.7. The van der Waals surface area contributed by atoms with Gasteiger partial charge in [-0.3, -0.25) is 9.59 Å². The van der Waals surface area contributed by atoms with Gasteiger partial charge < -0.3 is 25.2 Å². The predicted molar refractivity (Wildman–Crippen MR) is 109 cm³/mol. The Balaban J connectivity index is 2.66. The Hall–Kier alpha value is -2.94. The van der Waals surface area contributed by atoms with E-state index in [1.54, 1.807) is 20.8 Å². The Labute approximate surface area is 176 Å².